The molecule has 1 saturated heterocycles. The molecule has 6 nitrogen and oxygen atoms in total. The Morgan fingerprint density at radius 1 is 1.00 bits per heavy atom. The van der Waals surface area contributed by atoms with Crippen LogP contribution in [0.2, 0.25) is 0 Å². The van der Waals surface area contributed by atoms with Gasteiger partial charge in [-0.1, -0.05) is 54.6 Å². The fourth-order valence-corrected chi connectivity index (χ4v) is 5.48. The van der Waals surface area contributed by atoms with Crippen LogP contribution in [0.3, 0.4) is 0 Å². The van der Waals surface area contributed by atoms with Crippen LogP contribution in [0.25, 0.3) is 6.08 Å². The minimum Gasteiger partial charge on any atom is -0.348 e. The van der Waals surface area contributed by atoms with Gasteiger partial charge in [0.15, 0.2) is 0 Å². The van der Waals surface area contributed by atoms with Gasteiger partial charge in [0.25, 0.3) is 0 Å². The monoisotopic (exact) mass is 439 g/mol. The van der Waals surface area contributed by atoms with Gasteiger partial charge in [-0.2, -0.15) is 4.31 Å². The zero-order valence-electron chi connectivity index (χ0n) is 17.6. The first-order chi connectivity index (χ1) is 15.0. The van der Waals surface area contributed by atoms with E-state index in [2.05, 4.69) is 17.4 Å². The number of fused-ring (bicyclic) bond motifs is 1. The number of nitrogens with one attached hydrogen (secondary N) is 1. The van der Waals surface area contributed by atoms with Crippen LogP contribution in [-0.2, 0) is 21.2 Å². The van der Waals surface area contributed by atoms with E-state index in [9.17, 15) is 13.2 Å². The van der Waals surface area contributed by atoms with Gasteiger partial charge in [0.2, 0.25) is 15.9 Å². The first-order valence-corrected chi connectivity index (χ1v) is 12.3. The van der Waals surface area contributed by atoms with Gasteiger partial charge in [0, 0.05) is 31.6 Å². The molecule has 2 aliphatic rings. The summed E-state index contributed by atoms with van der Waals surface area (Å²) in [5.41, 5.74) is 3.40. The third-order valence-corrected chi connectivity index (χ3v) is 7.56. The number of sulfonamides is 1. The predicted octanol–water partition coefficient (Wildman–Crippen LogP) is 2.80. The summed E-state index contributed by atoms with van der Waals surface area (Å²) in [5.74, 6) is 0.00184. The zero-order chi connectivity index (χ0) is 21.7. The van der Waals surface area contributed by atoms with Crippen LogP contribution >= 0.6 is 0 Å². The van der Waals surface area contributed by atoms with E-state index in [1.54, 1.807) is 6.08 Å². The molecule has 7 heteroatoms. The lowest BCUT2D eigenvalue weighted by atomic mass is 9.88. The zero-order valence-corrected chi connectivity index (χ0v) is 18.4. The standard InChI is InChI=1S/C24H29N3O3S/c28-24(25-23-12-6-10-21-9-4-5-11-22(21)23)19-26-14-16-27(17-15-26)31(29,30)18-13-20-7-2-1-3-8-20/h1-5,7-9,11,13,18,23H,6,10,12,14-17,19H2,(H,25,28)/b18-13+/t23-/m1/s1. The average molecular weight is 440 g/mol. The molecule has 1 aliphatic carbocycles. The molecule has 31 heavy (non-hydrogen) atoms. The van der Waals surface area contributed by atoms with E-state index in [0.29, 0.717) is 32.7 Å². The quantitative estimate of drug-likeness (QED) is 0.752. The third-order valence-electron chi connectivity index (χ3n) is 6.00. The molecule has 0 unspecified atom stereocenters. The number of amides is 1. The predicted molar refractivity (Wildman–Crippen MR) is 123 cm³/mol. The molecule has 2 aromatic carbocycles. The van der Waals surface area contributed by atoms with Crippen molar-refractivity contribution >= 4 is 22.0 Å². The van der Waals surface area contributed by atoms with Crippen LogP contribution in [0.1, 0.15) is 35.6 Å². The highest BCUT2D eigenvalue weighted by Crippen LogP contribution is 2.29. The Labute approximate surface area is 184 Å². The normalized spacial score (nSPS) is 20.5. The molecular formula is C24H29N3O3S. The molecular weight excluding hydrogens is 410 g/mol. The number of benzene rings is 2. The Morgan fingerprint density at radius 2 is 1.71 bits per heavy atom. The molecule has 1 aliphatic heterocycles. The second-order valence-corrected chi connectivity index (χ2v) is 9.96. The molecule has 1 atom stereocenters. The van der Waals surface area contributed by atoms with Gasteiger partial charge in [-0.15, -0.1) is 0 Å². The van der Waals surface area contributed by atoms with Gasteiger partial charge in [-0.25, -0.2) is 8.42 Å². The van der Waals surface area contributed by atoms with E-state index < -0.39 is 10.0 Å². The van der Waals surface area contributed by atoms with E-state index in [0.717, 1.165) is 24.8 Å². The number of hydrogen-bond donors (Lipinski definition) is 1. The summed E-state index contributed by atoms with van der Waals surface area (Å²) in [6.45, 7) is 2.18. The van der Waals surface area contributed by atoms with Gasteiger partial charge >= 0.3 is 0 Å². The van der Waals surface area contributed by atoms with E-state index in [-0.39, 0.29) is 11.9 Å². The van der Waals surface area contributed by atoms with E-state index in [4.69, 9.17) is 0 Å². The fraction of sp³-hybridized carbons (Fsp3) is 0.375. The third kappa shape index (κ3) is 5.61. The number of nitrogens with zero attached hydrogens (tertiary/aromatic N) is 2. The van der Waals surface area contributed by atoms with E-state index in [1.807, 2.05) is 47.4 Å². The summed E-state index contributed by atoms with van der Waals surface area (Å²) in [6, 6.07) is 17.8. The highest BCUT2D eigenvalue weighted by Gasteiger charge is 2.27. The van der Waals surface area contributed by atoms with Crippen molar-refractivity contribution in [2.45, 2.75) is 25.3 Å². The van der Waals surface area contributed by atoms with Gasteiger partial charge in [-0.3, -0.25) is 9.69 Å². The Balaban J connectivity index is 1.27. The smallest absolute Gasteiger partial charge is 0.236 e. The molecule has 4 rings (SSSR count). The largest absolute Gasteiger partial charge is 0.348 e. The Hall–Kier alpha value is -2.48. The highest BCUT2D eigenvalue weighted by atomic mass is 32.2. The lowest BCUT2D eigenvalue weighted by Crippen LogP contribution is -2.51. The van der Waals surface area contributed by atoms with Crippen molar-refractivity contribution in [3.8, 4) is 0 Å². The molecule has 2 aromatic rings. The van der Waals surface area contributed by atoms with Crippen molar-refractivity contribution in [1.29, 1.82) is 0 Å². The van der Waals surface area contributed by atoms with Gasteiger partial charge in [0.1, 0.15) is 0 Å². The molecule has 164 valence electrons. The fourth-order valence-electron chi connectivity index (χ4n) is 4.30. The van der Waals surface area contributed by atoms with Crippen LogP contribution in [0.5, 0.6) is 0 Å². The molecule has 0 spiro atoms. The lowest BCUT2D eigenvalue weighted by molar-refractivity contribution is -0.123. The maximum atomic E-state index is 12.6. The second kappa shape index (κ2) is 9.77. The van der Waals surface area contributed by atoms with E-state index in [1.165, 1.54) is 20.8 Å². The van der Waals surface area contributed by atoms with Gasteiger partial charge in [-0.05, 0) is 42.0 Å². The first kappa shape index (κ1) is 21.7. The molecule has 0 bridgehead atoms. The van der Waals surface area contributed by atoms with Crippen molar-refractivity contribution in [3.05, 3.63) is 76.7 Å². The average Bonchev–Trinajstić information content (AvgIpc) is 2.79. The number of piperazine rings is 1. The maximum absolute atomic E-state index is 12.6. The second-order valence-electron chi connectivity index (χ2n) is 8.14. The summed E-state index contributed by atoms with van der Waals surface area (Å²) in [6.07, 6.45) is 4.73. The van der Waals surface area contributed by atoms with Crippen molar-refractivity contribution < 1.29 is 13.2 Å². The lowest BCUT2D eigenvalue weighted by Gasteiger charge is -2.33. The molecule has 1 fully saturated rings. The minimum atomic E-state index is -3.46. The summed E-state index contributed by atoms with van der Waals surface area (Å²) < 4.78 is 26.7. The van der Waals surface area contributed by atoms with Crippen LogP contribution in [-0.4, -0.2) is 56.3 Å². The molecule has 0 radical (unpaired) electrons. The number of rotatable bonds is 6. The summed E-state index contributed by atoms with van der Waals surface area (Å²) in [5, 5.41) is 4.45. The number of aryl methyl sites for hydroxylation is 1. The molecule has 1 N–H and O–H groups in total. The first-order valence-electron chi connectivity index (χ1n) is 10.8. The highest BCUT2D eigenvalue weighted by molar-refractivity contribution is 7.92. The number of carbonyl (C=O) groups is 1. The molecule has 1 amide bonds. The SMILES string of the molecule is O=C(CN1CCN(S(=O)(=O)/C=C/c2ccccc2)CC1)N[C@@H]1CCCc2ccccc21. The van der Waals surface area contributed by atoms with E-state index >= 15 is 0 Å². The maximum Gasteiger partial charge on any atom is 0.236 e. The summed E-state index contributed by atoms with van der Waals surface area (Å²) >= 11 is 0. The van der Waals surface area contributed by atoms with Crippen molar-refractivity contribution in [1.82, 2.24) is 14.5 Å². The topological polar surface area (TPSA) is 69.7 Å². The summed E-state index contributed by atoms with van der Waals surface area (Å²) in [4.78, 5) is 14.7. The van der Waals surface area contributed by atoms with Crippen LogP contribution in [0, 0.1) is 0 Å². The Kier molecular flexibility index (Phi) is 6.85. The summed E-state index contributed by atoms with van der Waals surface area (Å²) in [7, 11) is -3.46. The number of carbonyl (C=O) groups excluding carboxylic acids is 1. The molecule has 0 saturated carbocycles. The van der Waals surface area contributed by atoms with Crippen LogP contribution in [0.4, 0.5) is 0 Å². The van der Waals surface area contributed by atoms with Gasteiger partial charge < -0.3 is 5.32 Å². The Morgan fingerprint density at radius 3 is 2.48 bits per heavy atom. The van der Waals surface area contributed by atoms with Crippen molar-refractivity contribution in [3.63, 3.8) is 0 Å². The van der Waals surface area contributed by atoms with Crippen molar-refractivity contribution in [2.75, 3.05) is 32.7 Å². The number of hydrogen-bond acceptors (Lipinski definition) is 4. The van der Waals surface area contributed by atoms with Gasteiger partial charge in [0.05, 0.1) is 12.6 Å². The van der Waals surface area contributed by atoms with Crippen LogP contribution in [0.15, 0.2) is 60.0 Å². The van der Waals surface area contributed by atoms with Crippen molar-refractivity contribution in [2.24, 2.45) is 0 Å². The molecule has 0 aromatic heterocycles. The Bertz CT molecular complexity index is 1030. The molecule has 1 heterocycles. The van der Waals surface area contributed by atoms with Crippen LogP contribution < -0.4 is 5.32 Å². The minimum absolute atomic E-state index is 0.00184.